The van der Waals surface area contributed by atoms with Crippen LogP contribution in [-0.4, -0.2) is 44.0 Å². The van der Waals surface area contributed by atoms with Crippen LogP contribution in [-0.2, 0) is 11.3 Å². The number of nitrogens with zero attached hydrogens (tertiary/aromatic N) is 3. The summed E-state index contributed by atoms with van der Waals surface area (Å²) in [5.41, 5.74) is 1.30. The molecule has 1 aliphatic heterocycles. The van der Waals surface area contributed by atoms with Crippen LogP contribution in [0.3, 0.4) is 0 Å². The van der Waals surface area contributed by atoms with E-state index in [-0.39, 0.29) is 3.92 Å². The van der Waals surface area contributed by atoms with Gasteiger partial charge in [0.1, 0.15) is 0 Å². The van der Waals surface area contributed by atoms with Crippen molar-refractivity contribution in [3.63, 3.8) is 0 Å². The number of alkyl halides is 1. The number of ketones is 1. The summed E-state index contributed by atoms with van der Waals surface area (Å²) in [7, 11) is 0. The maximum absolute atomic E-state index is 11.9. The Morgan fingerprint density at radius 3 is 2.86 bits per heavy atom. The molecule has 118 valence electrons. The van der Waals surface area contributed by atoms with Gasteiger partial charge in [-0.25, -0.2) is 0 Å². The van der Waals surface area contributed by atoms with E-state index < -0.39 is 0 Å². The molecule has 2 rings (SSSR count). The first-order chi connectivity index (χ1) is 9.95. The van der Waals surface area contributed by atoms with E-state index in [1.807, 2.05) is 13.1 Å². The monoisotopic (exact) mass is 403 g/mol. The van der Waals surface area contributed by atoms with Crippen LogP contribution in [0.15, 0.2) is 12.4 Å². The highest BCUT2D eigenvalue weighted by Gasteiger charge is 2.23. The molecule has 1 saturated heterocycles. The predicted molar refractivity (Wildman–Crippen MR) is 94.0 cm³/mol. The van der Waals surface area contributed by atoms with E-state index in [4.69, 9.17) is 0 Å². The molecular formula is C16H26IN3O. The van der Waals surface area contributed by atoms with Crippen LogP contribution in [0.25, 0.3) is 0 Å². The normalized spacial score (nSPS) is 21.7. The number of Topliss-reactive ketones (excluding diaryl/α,β-unsaturated/α-hetero) is 1. The molecule has 2 atom stereocenters. The summed E-state index contributed by atoms with van der Waals surface area (Å²) >= 11 is 2.21. The van der Waals surface area contributed by atoms with Crippen LogP contribution in [0.5, 0.6) is 0 Å². The molecule has 0 N–H and O–H groups in total. The molecule has 1 aromatic rings. The van der Waals surface area contributed by atoms with Crippen LogP contribution < -0.4 is 0 Å². The van der Waals surface area contributed by atoms with E-state index in [0.29, 0.717) is 24.2 Å². The minimum Gasteiger partial charge on any atom is -0.297 e. The summed E-state index contributed by atoms with van der Waals surface area (Å²) < 4.78 is 2.19. The molecular weight excluding hydrogens is 377 g/mol. The fourth-order valence-corrected chi connectivity index (χ4v) is 3.03. The Morgan fingerprint density at radius 2 is 2.24 bits per heavy atom. The first kappa shape index (κ1) is 16.9. The first-order valence-electron chi connectivity index (χ1n) is 7.87. The van der Waals surface area contributed by atoms with E-state index in [9.17, 15) is 4.79 Å². The number of rotatable bonds is 6. The molecule has 0 aliphatic carbocycles. The van der Waals surface area contributed by atoms with Crippen molar-refractivity contribution in [1.29, 1.82) is 0 Å². The third kappa shape index (κ3) is 5.06. The van der Waals surface area contributed by atoms with Gasteiger partial charge in [0.25, 0.3) is 0 Å². The highest BCUT2D eigenvalue weighted by atomic mass is 127. The van der Waals surface area contributed by atoms with Gasteiger partial charge in [-0.3, -0.25) is 14.4 Å². The van der Waals surface area contributed by atoms with Gasteiger partial charge in [-0.1, -0.05) is 36.4 Å². The van der Waals surface area contributed by atoms with Gasteiger partial charge in [0.2, 0.25) is 0 Å². The zero-order valence-electron chi connectivity index (χ0n) is 13.3. The topological polar surface area (TPSA) is 38.1 Å². The Bertz CT molecular complexity index is 470. The highest BCUT2D eigenvalue weighted by Crippen LogP contribution is 2.20. The van der Waals surface area contributed by atoms with E-state index in [0.717, 1.165) is 19.6 Å². The molecule has 0 bridgehead atoms. The Hall–Kier alpha value is -0.430. The van der Waals surface area contributed by atoms with Gasteiger partial charge in [0.05, 0.1) is 16.7 Å². The number of halogens is 1. The molecule has 0 amide bonds. The lowest BCUT2D eigenvalue weighted by Gasteiger charge is -2.32. The second-order valence-electron chi connectivity index (χ2n) is 6.48. The minimum absolute atomic E-state index is 0.114. The maximum Gasteiger partial charge on any atom is 0.159 e. The number of carbonyl (C=O) groups excluding carboxylic acids is 1. The molecule has 0 saturated carbocycles. The van der Waals surface area contributed by atoms with Gasteiger partial charge in [0.15, 0.2) is 5.78 Å². The van der Waals surface area contributed by atoms with Crippen molar-refractivity contribution in [2.75, 3.05) is 19.6 Å². The van der Waals surface area contributed by atoms with E-state index in [1.54, 1.807) is 0 Å². The SMILES string of the molecule is CC(I)C(=O)CN1CCC[C@H](Cn2cc(C(C)C)cn2)C1. The Labute approximate surface area is 141 Å². The number of carbonyl (C=O) groups is 1. The highest BCUT2D eigenvalue weighted by molar-refractivity contribution is 14.1. The fraction of sp³-hybridized carbons (Fsp3) is 0.750. The third-order valence-corrected chi connectivity index (χ3v) is 4.89. The van der Waals surface area contributed by atoms with Crippen LogP contribution in [0.2, 0.25) is 0 Å². The lowest BCUT2D eigenvalue weighted by atomic mass is 9.97. The number of piperidine rings is 1. The second kappa shape index (κ2) is 7.72. The third-order valence-electron chi connectivity index (χ3n) is 4.19. The van der Waals surface area contributed by atoms with Gasteiger partial charge in [-0.15, -0.1) is 0 Å². The molecule has 1 fully saturated rings. The van der Waals surface area contributed by atoms with Crippen molar-refractivity contribution in [3.05, 3.63) is 18.0 Å². The lowest BCUT2D eigenvalue weighted by molar-refractivity contribution is -0.119. The molecule has 1 aromatic heterocycles. The van der Waals surface area contributed by atoms with Gasteiger partial charge < -0.3 is 0 Å². The minimum atomic E-state index is 0.114. The molecule has 2 heterocycles. The number of aromatic nitrogens is 2. The van der Waals surface area contributed by atoms with Gasteiger partial charge in [-0.05, 0) is 43.7 Å². The maximum atomic E-state index is 11.9. The summed E-state index contributed by atoms with van der Waals surface area (Å²) in [6, 6.07) is 0. The van der Waals surface area contributed by atoms with Crippen molar-refractivity contribution < 1.29 is 4.79 Å². The van der Waals surface area contributed by atoms with Gasteiger partial charge in [-0.2, -0.15) is 5.10 Å². The van der Waals surface area contributed by atoms with Crippen LogP contribution in [0, 0.1) is 5.92 Å². The smallest absolute Gasteiger partial charge is 0.159 e. The first-order valence-corrected chi connectivity index (χ1v) is 9.11. The van der Waals surface area contributed by atoms with Crippen molar-refractivity contribution in [1.82, 2.24) is 14.7 Å². The van der Waals surface area contributed by atoms with Crippen molar-refractivity contribution in [3.8, 4) is 0 Å². The Kier molecular flexibility index (Phi) is 6.22. The summed E-state index contributed by atoms with van der Waals surface area (Å²) in [4.78, 5) is 14.2. The van der Waals surface area contributed by atoms with E-state index >= 15 is 0 Å². The number of likely N-dealkylation sites (tertiary alicyclic amines) is 1. The van der Waals surface area contributed by atoms with E-state index in [2.05, 4.69) is 57.3 Å². The van der Waals surface area contributed by atoms with Gasteiger partial charge >= 0.3 is 0 Å². The van der Waals surface area contributed by atoms with Crippen LogP contribution >= 0.6 is 22.6 Å². The molecule has 21 heavy (non-hydrogen) atoms. The van der Waals surface area contributed by atoms with Crippen LogP contribution in [0.4, 0.5) is 0 Å². The molecule has 0 radical (unpaired) electrons. The number of hydrogen-bond acceptors (Lipinski definition) is 3. The predicted octanol–water partition coefficient (Wildman–Crippen LogP) is 3.11. The van der Waals surface area contributed by atoms with Crippen molar-refractivity contribution in [2.24, 2.45) is 5.92 Å². The summed E-state index contributed by atoms with van der Waals surface area (Å²) in [5.74, 6) is 1.48. The van der Waals surface area contributed by atoms with Crippen molar-refractivity contribution >= 4 is 28.4 Å². The summed E-state index contributed by atoms with van der Waals surface area (Å²) in [5, 5.41) is 4.48. The molecule has 1 unspecified atom stereocenters. The molecule has 0 spiro atoms. The molecule has 4 nitrogen and oxygen atoms in total. The average Bonchev–Trinajstić information content (AvgIpc) is 2.87. The number of hydrogen-bond donors (Lipinski definition) is 0. The molecule has 1 aliphatic rings. The molecule has 0 aromatic carbocycles. The average molecular weight is 403 g/mol. The lowest BCUT2D eigenvalue weighted by Crippen LogP contribution is -2.41. The summed E-state index contributed by atoms with van der Waals surface area (Å²) in [6.45, 7) is 10.0. The Morgan fingerprint density at radius 1 is 1.48 bits per heavy atom. The quantitative estimate of drug-likeness (QED) is 0.541. The van der Waals surface area contributed by atoms with E-state index in [1.165, 1.54) is 18.4 Å². The fourth-order valence-electron chi connectivity index (χ4n) is 2.83. The van der Waals surface area contributed by atoms with Crippen LogP contribution in [0.1, 0.15) is 45.1 Å². The largest absolute Gasteiger partial charge is 0.297 e. The standard InChI is InChI=1S/C16H26IN3O/c1-12(2)15-7-18-20(10-15)9-14-5-4-6-19(8-14)11-16(21)13(3)17/h7,10,12-14H,4-6,8-9,11H2,1-3H3/t13?,14-/m0/s1. The van der Waals surface area contributed by atoms with Crippen molar-refractivity contribution in [2.45, 2.75) is 50.0 Å². The van der Waals surface area contributed by atoms with Gasteiger partial charge in [0, 0.05) is 19.3 Å². The summed E-state index contributed by atoms with van der Waals surface area (Å²) in [6.07, 6.45) is 6.57. The molecule has 5 heteroatoms. The Balaban J connectivity index is 1.87. The zero-order chi connectivity index (χ0) is 15.4. The second-order valence-corrected chi connectivity index (χ2v) is 8.34. The zero-order valence-corrected chi connectivity index (χ0v) is 15.4.